The molecule has 0 bridgehead atoms. The van der Waals surface area contributed by atoms with Crippen molar-refractivity contribution in [1.82, 2.24) is 4.72 Å². The van der Waals surface area contributed by atoms with Crippen LogP contribution in [-0.2, 0) is 19.6 Å². The highest BCUT2D eigenvalue weighted by atomic mass is 32.2. The Hall–Kier alpha value is -0.620. The van der Waals surface area contributed by atoms with Gasteiger partial charge in [-0.3, -0.25) is 9.52 Å². The summed E-state index contributed by atoms with van der Waals surface area (Å²) in [6.45, 7) is 0.0865. The van der Waals surface area contributed by atoms with E-state index >= 15 is 0 Å². The van der Waals surface area contributed by atoms with Gasteiger partial charge in [0, 0.05) is 7.11 Å². The third kappa shape index (κ3) is 4.28. The molecule has 0 spiro atoms. The zero-order valence-electron chi connectivity index (χ0n) is 5.53. The van der Waals surface area contributed by atoms with Crippen molar-refractivity contribution in [2.24, 2.45) is 0 Å². The summed E-state index contributed by atoms with van der Waals surface area (Å²) in [5, 5.41) is 0. The first kappa shape index (κ1) is 9.38. The van der Waals surface area contributed by atoms with Crippen LogP contribution in [-0.4, -0.2) is 34.3 Å². The minimum atomic E-state index is -3.44. The monoisotopic (exact) mass is 167 g/mol. The molecule has 1 amide bonds. The Bertz CT molecular complexity index is 185. The number of hydrogen-bond acceptors (Lipinski definition) is 4. The van der Waals surface area contributed by atoms with Crippen LogP contribution in [0, 0.1) is 0 Å². The van der Waals surface area contributed by atoms with E-state index in [0.29, 0.717) is 0 Å². The Kier molecular flexibility index (Phi) is 3.97. The molecule has 0 aromatic rings. The second-order valence-electron chi connectivity index (χ2n) is 1.55. The Labute approximate surface area is 59.4 Å². The molecule has 0 saturated heterocycles. The minimum Gasteiger partial charge on any atom is -0.384 e. The second-order valence-corrected chi connectivity index (χ2v) is 3.42. The Morgan fingerprint density at radius 3 is 2.60 bits per heavy atom. The average Bonchev–Trinajstić information content (AvgIpc) is 1.84. The lowest BCUT2D eigenvalue weighted by atomic mass is 10.9. The van der Waals surface area contributed by atoms with Gasteiger partial charge in [0.25, 0.3) is 0 Å². The van der Waals surface area contributed by atoms with Gasteiger partial charge in [0.2, 0.25) is 16.4 Å². The number of amides is 1. The molecule has 0 heterocycles. The molecule has 0 fully saturated rings. The Morgan fingerprint density at radius 1 is 1.60 bits per heavy atom. The summed E-state index contributed by atoms with van der Waals surface area (Å²) in [6.07, 6.45) is 0.130. The van der Waals surface area contributed by atoms with E-state index < -0.39 is 10.0 Å². The van der Waals surface area contributed by atoms with Crippen molar-refractivity contribution < 1.29 is 17.9 Å². The molecular weight excluding hydrogens is 158 g/mol. The van der Waals surface area contributed by atoms with Gasteiger partial charge in [0.05, 0.1) is 12.4 Å². The third-order valence-corrected chi connectivity index (χ3v) is 1.94. The quantitative estimate of drug-likeness (QED) is 0.517. The van der Waals surface area contributed by atoms with Gasteiger partial charge in [-0.15, -0.1) is 0 Å². The van der Waals surface area contributed by atoms with E-state index in [0.717, 1.165) is 0 Å². The fourth-order valence-electron chi connectivity index (χ4n) is 0.325. The van der Waals surface area contributed by atoms with Crippen molar-refractivity contribution in [3.63, 3.8) is 0 Å². The first-order valence-corrected chi connectivity index (χ1v) is 4.20. The minimum absolute atomic E-state index is 0.0865. The predicted molar refractivity (Wildman–Crippen MR) is 34.9 cm³/mol. The van der Waals surface area contributed by atoms with Crippen LogP contribution in [0.4, 0.5) is 0 Å². The number of nitrogens with one attached hydrogen (secondary N) is 1. The van der Waals surface area contributed by atoms with Crippen LogP contribution < -0.4 is 4.72 Å². The standard InChI is InChI=1S/C4H9NO4S/c1-9-2-3-10(7,8)5-4-6/h4H,2-3H2,1H3,(H,5,6). The summed E-state index contributed by atoms with van der Waals surface area (Å²) in [5.41, 5.74) is 0. The molecule has 0 radical (unpaired) electrons. The molecule has 1 N–H and O–H groups in total. The summed E-state index contributed by atoms with van der Waals surface area (Å²) in [7, 11) is -2.05. The summed E-state index contributed by atoms with van der Waals surface area (Å²) < 4.78 is 27.3. The average molecular weight is 167 g/mol. The van der Waals surface area contributed by atoms with E-state index in [1.54, 1.807) is 4.72 Å². The number of hydrogen-bond donors (Lipinski definition) is 1. The van der Waals surface area contributed by atoms with Crippen LogP contribution in [0.15, 0.2) is 0 Å². The maximum Gasteiger partial charge on any atom is 0.236 e. The highest BCUT2D eigenvalue weighted by Gasteiger charge is 2.06. The highest BCUT2D eigenvalue weighted by molar-refractivity contribution is 7.89. The molecule has 0 aliphatic heterocycles. The molecule has 0 aromatic carbocycles. The zero-order chi connectivity index (χ0) is 8.04. The van der Waals surface area contributed by atoms with Gasteiger partial charge in [0.15, 0.2) is 0 Å². The van der Waals surface area contributed by atoms with Gasteiger partial charge in [-0.25, -0.2) is 8.42 Å². The van der Waals surface area contributed by atoms with Crippen LogP contribution in [0.5, 0.6) is 0 Å². The zero-order valence-corrected chi connectivity index (χ0v) is 6.35. The SMILES string of the molecule is COCCS(=O)(=O)NC=O. The number of ether oxygens (including phenoxy) is 1. The van der Waals surface area contributed by atoms with Gasteiger partial charge < -0.3 is 4.74 Å². The van der Waals surface area contributed by atoms with E-state index in [-0.39, 0.29) is 18.8 Å². The van der Waals surface area contributed by atoms with Crippen LogP contribution in [0.1, 0.15) is 0 Å². The number of sulfonamides is 1. The van der Waals surface area contributed by atoms with Gasteiger partial charge >= 0.3 is 0 Å². The summed E-state index contributed by atoms with van der Waals surface area (Å²) >= 11 is 0. The van der Waals surface area contributed by atoms with E-state index in [2.05, 4.69) is 4.74 Å². The molecule has 6 heteroatoms. The molecule has 5 nitrogen and oxygen atoms in total. The predicted octanol–water partition coefficient (Wildman–Crippen LogP) is -1.29. The fourth-order valence-corrected chi connectivity index (χ4v) is 0.976. The summed E-state index contributed by atoms with van der Waals surface area (Å²) in [6, 6.07) is 0. The van der Waals surface area contributed by atoms with Crippen molar-refractivity contribution in [3.05, 3.63) is 0 Å². The van der Waals surface area contributed by atoms with Gasteiger partial charge in [-0.2, -0.15) is 0 Å². The molecule has 10 heavy (non-hydrogen) atoms. The van der Waals surface area contributed by atoms with E-state index in [1.165, 1.54) is 7.11 Å². The second kappa shape index (κ2) is 4.24. The highest BCUT2D eigenvalue weighted by Crippen LogP contribution is 1.80. The first-order chi connectivity index (χ1) is 4.62. The van der Waals surface area contributed by atoms with Crippen LogP contribution in [0.3, 0.4) is 0 Å². The van der Waals surface area contributed by atoms with Crippen molar-refractivity contribution in [3.8, 4) is 0 Å². The van der Waals surface area contributed by atoms with Crippen molar-refractivity contribution in [2.75, 3.05) is 19.5 Å². The van der Waals surface area contributed by atoms with Crippen LogP contribution in [0.25, 0.3) is 0 Å². The number of carbonyl (C=O) groups is 1. The molecular formula is C4H9NO4S. The maximum absolute atomic E-state index is 10.6. The number of rotatable bonds is 5. The van der Waals surface area contributed by atoms with Crippen molar-refractivity contribution in [1.29, 1.82) is 0 Å². The number of methoxy groups -OCH3 is 1. The molecule has 0 rings (SSSR count). The summed E-state index contributed by atoms with van der Waals surface area (Å²) in [4.78, 5) is 9.65. The Balaban J connectivity index is 3.76. The molecule has 0 unspecified atom stereocenters. The lowest BCUT2D eigenvalue weighted by Gasteiger charge is -1.98. The third-order valence-electron chi connectivity index (χ3n) is 0.784. The van der Waals surface area contributed by atoms with E-state index in [9.17, 15) is 13.2 Å². The molecule has 0 atom stereocenters. The van der Waals surface area contributed by atoms with Gasteiger partial charge in [-0.1, -0.05) is 0 Å². The Morgan fingerprint density at radius 2 is 2.20 bits per heavy atom. The largest absolute Gasteiger partial charge is 0.384 e. The first-order valence-electron chi connectivity index (χ1n) is 2.55. The fraction of sp³-hybridized carbons (Fsp3) is 0.750. The van der Waals surface area contributed by atoms with E-state index in [1.807, 2.05) is 0 Å². The van der Waals surface area contributed by atoms with Crippen molar-refractivity contribution >= 4 is 16.4 Å². The molecule has 0 aliphatic carbocycles. The van der Waals surface area contributed by atoms with Gasteiger partial charge in [0.1, 0.15) is 0 Å². The number of carbonyl (C=O) groups excluding carboxylic acids is 1. The molecule has 0 aromatic heterocycles. The van der Waals surface area contributed by atoms with Crippen LogP contribution in [0.2, 0.25) is 0 Å². The molecule has 0 saturated carbocycles. The van der Waals surface area contributed by atoms with Gasteiger partial charge in [-0.05, 0) is 0 Å². The smallest absolute Gasteiger partial charge is 0.236 e. The normalized spacial score (nSPS) is 10.9. The topological polar surface area (TPSA) is 72.5 Å². The van der Waals surface area contributed by atoms with Crippen LogP contribution >= 0.6 is 0 Å². The van der Waals surface area contributed by atoms with Crippen molar-refractivity contribution in [2.45, 2.75) is 0 Å². The molecule has 0 aliphatic rings. The van der Waals surface area contributed by atoms with E-state index in [4.69, 9.17) is 0 Å². The maximum atomic E-state index is 10.6. The lowest BCUT2D eigenvalue weighted by Crippen LogP contribution is -2.26. The molecule has 60 valence electrons. The summed E-state index contributed by atoms with van der Waals surface area (Å²) in [5.74, 6) is -0.192. The lowest BCUT2D eigenvalue weighted by molar-refractivity contribution is -0.108.